The second kappa shape index (κ2) is 5.05. The number of nitrogens with one attached hydrogen (secondary N) is 2. The van der Waals surface area contributed by atoms with Crippen molar-refractivity contribution < 1.29 is 17.2 Å². The molecule has 3 rings (SSSR count). The van der Waals surface area contributed by atoms with Crippen LogP contribution in [0.4, 0.5) is 8.78 Å². The summed E-state index contributed by atoms with van der Waals surface area (Å²) < 4.78 is 54.0. The Balaban J connectivity index is 1.82. The molecule has 0 aromatic heterocycles. The molecule has 1 aromatic rings. The Labute approximate surface area is 116 Å². The maximum atomic E-state index is 13.6. The average molecular weight is 302 g/mol. The van der Waals surface area contributed by atoms with Crippen LogP contribution in [0.25, 0.3) is 0 Å². The first-order valence-corrected chi connectivity index (χ1v) is 8.16. The molecule has 110 valence electrons. The summed E-state index contributed by atoms with van der Waals surface area (Å²) in [6.07, 6.45) is 3.37. The van der Waals surface area contributed by atoms with Gasteiger partial charge in [0.25, 0.3) is 0 Å². The third-order valence-corrected chi connectivity index (χ3v) is 5.55. The minimum absolute atomic E-state index is 0.266. The Bertz CT molecular complexity index is 589. The lowest BCUT2D eigenvalue weighted by atomic mass is 10.0. The van der Waals surface area contributed by atoms with Gasteiger partial charge in [0, 0.05) is 18.1 Å². The van der Waals surface area contributed by atoms with Gasteiger partial charge in [0.15, 0.2) is 4.90 Å². The van der Waals surface area contributed by atoms with Crippen LogP contribution in [-0.2, 0) is 10.0 Å². The summed E-state index contributed by atoms with van der Waals surface area (Å²) in [6.45, 7) is 0. The second-order valence-corrected chi connectivity index (χ2v) is 7.13. The average Bonchev–Trinajstić information content (AvgIpc) is 2.67. The number of benzene rings is 1. The lowest BCUT2D eigenvalue weighted by Gasteiger charge is -2.29. The topological polar surface area (TPSA) is 58.2 Å². The molecule has 1 aromatic carbocycles. The fourth-order valence-electron chi connectivity index (χ4n) is 3.17. The van der Waals surface area contributed by atoms with Gasteiger partial charge in [0.05, 0.1) is 0 Å². The van der Waals surface area contributed by atoms with E-state index in [1.165, 1.54) is 0 Å². The molecule has 0 spiro atoms. The summed E-state index contributed by atoms with van der Waals surface area (Å²) in [6, 6.07) is 3.37. The molecule has 2 fully saturated rings. The molecule has 7 heteroatoms. The van der Waals surface area contributed by atoms with E-state index in [4.69, 9.17) is 0 Å². The van der Waals surface area contributed by atoms with Crippen LogP contribution in [0.1, 0.15) is 25.7 Å². The number of rotatable bonds is 3. The highest BCUT2D eigenvalue weighted by molar-refractivity contribution is 7.89. The van der Waals surface area contributed by atoms with Gasteiger partial charge in [-0.3, -0.25) is 0 Å². The van der Waals surface area contributed by atoms with Crippen LogP contribution < -0.4 is 10.0 Å². The molecular formula is C13H16F2N2O2S. The maximum Gasteiger partial charge on any atom is 0.246 e. The van der Waals surface area contributed by atoms with E-state index in [0.717, 1.165) is 31.0 Å². The minimum Gasteiger partial charge on any atom is -0.311 e. The van der Waals surface area contributed by atoms with E-state index in [-0.39, 0.29) is 6.04 Å². The third-order valence-electron chi connectivity index (χ3n) is 3.98. The molecular weight excluding hydrogens is 286 g/mol. The van der Waals surface area contributed by atoms with Crippen molar-refractivity contribution in [3.05, 3.63) is 29.8 Å². The van der Waals surface area contributed by atoms with Crippen LogP contribution >= 0.6 is 0 Å². The summed E-state index contributed by atoms with van der Waals surface area (Å²) in [5, 5.41) is 3.39. The molecule has 2 unspecified atom stereocenters. The van der Waals surface area contributed by atoms with Crippen LogP contribution in [0.2, 0.25) is 0 Å². The fourth-order valence-corrected chi connectivity index (χ4v) is 4.57. The number of hydrogen-bond acceptors (Lipinski definition) is 3. The Hall–Kier alpha value is -1.05. The van der Waals surface area contributed by atoms with Crippen molar-refractivity contribution in [1.82, 2.24) is 10.0 Å². The smallest absolute Gasteiger partial charge is 0.246 e. The first-order valence-electron chi connectivity index (χ1n) is 6.68. The molecule has 2 atom stereocenters. The van der Waals surface area contributed by atoms with Crippen molar-refractivity contribution in [3.63, 3.8) is 0 Å². The van der Waals surface area contributed by atoms with Crippen molar-refractivity contribution in [2.45, 2.75) is 48.7 Å². The number of fused-ring (bicyclic) bond motifs is 2. The SMILES string of the molecule is O=S(=O)(NC1CC2CCC(C1)N2)c1c(F)cccc1F. The molecule has 2 bridgehead atoms. The molecule has 2 aliphatic heterocycles. The van der Waals surface area contributed by atoms with E-state index >= 15 is 0 Å². The van der Waals surface area contributed by atoms with Gasteiger partial charge in [-0.05, 0) is 37.8 Å². The van der Waals surface area contributed by atoms with Crippen LogP contribution in [0, 0.1) is 11.6 Å². The van der Waals surface area contributed by atoms with E-state index < -0.39 is 26.6 Å². The second-order valence-electron chi connectivity index (χ2n) is 5.48. The van der Waals surface area contributed by atoms with Gasteiger partial charge < -0.3 is 5.32 Å². The van der Waals surface area contributed by atoms with E-state index in [1.807, 2.05) is 0 Å². The molecule has 0 amide bonds. The van der Waals surface area contributed by atoms with E-state index in [9.17, 15) is 17.2 Å². The zero-order valence-corrected chi connectivity index (χ0v) is 11.6. The number of hydrogen-bond donors (Lipinski definition) is 2. The minimum atomic E-state index is -4.17. The number of piperidine rings is 1. The lowest BCUT2D eigenvalue weighted by molar-refractivity contribution is 0.344. The summed E-state index contributed by atoms with van der Waals surface area (Å²) in [5.41, 5.74) is 0. The van der Waals surface area contributed by atoms with Gasteiger partial charge in [-0.1, -0.05) is 6.07 Å². The Morgan fingerprint density at radius 2 is 1.65 bits per heavy atom. The molecule has 2 N–H and O–H groups in total. The van der Waals surface area contributed by atoms with Crippen LogP contribution in [-0.4, -0.2) is 26.5 Å². The van der Waals surface area contributed by atoms with Gasteiger partial charge in [0.1, 0.15) is 11.6 Å². The van der Waals surface area contributed by atoms with E-state index in [0.29, 0.717) is 24.9 Å². The highest BCUT2D eigenvalue weighted by atomic mass is 32.2. The fraction of sp³-hybridized carbons (Fsp3) is 0.538. The quantitative estimate of drug-likeness (QED) is 0.890. The molecule has 0 saturated carbocycles. The van der Waals surface area contributed by atoms with Crippen LogP contribution in [0.5, 0.6) is 0 Å². The van der Waals surface area contributed by atoms with Gasteiger partial charge in [0.2, 0.25) is 10.0 Å². The van der Waals surface area contributed by atoms with Crippen molar-refractivity contribution in [2.75, 3.05) is 0 Å². The largest absolute Gasteiger partial charge is 0.311 e. The summed E-state index contributed by atoms with van der Waals surface area (Å²) in [5.74, 6) is -2.12. The predicted octanol–water partition coefficient (Wildman–Crippen LogP) is 1.53. The monoisotopic (exact) mass is 302 g/mol. The molecule has 2 saturated heterocycles. The van der Waals surface area contributed by atoms with Gasteiger partial charge in [-0.25, -0.2) is 21.9 Å². The van der Waals surface area contributed by atoms with Gasteiger partial charge >= 0.3 is 0 Å². The van der Waals surface area contributed by atoms with Crippen LogP contribution in [0.3, 0.4) is 0 Å². The zero-order chi connectivity index (χ0) is 14.3. The Morgan fingerprint density at radius 3 is 2.20 bits per heavy atom. The van der Waals surface area contributed by atoms with Gasteiger partial charge in [-0.15, -0.1) is 0 Å². The summed E-state index contributed by atoms with van der Waals surface area (Å²) in [4.78, 5) is -0.883. The zero-order valence-electron chi connectivity index (χ0n) is 10.8. The van der Waals surface area contributed by atoms with Crippen molar-refractivity contribution in [3.8, 4) is 0 Å². The normalized spacial score (nSPS) is 29.6. The number of halogens is 2. The Morgan fingerprint density at radius 1 is 1.10 bits per heavy atom. The first-order chi connectivity index (χ1) is 9.45. The first kappa shape index (κ1) is 13.9. The molecule has 20 heavy (non-hydrogen) atoms. The maximum absolute atomic E-state index is 13.6. The van der Waals surface area contributed by atoms with E-state index in [1.54, 1.807) is 0 Å². The van der Waals surface area contributed by atoms with E-state index in [2.05, 4.69) is 10.0 Å². The lowest BCUT2D eigenvalue weighted by Crippen LogP contribution is -2.48. The predicted molar refractivity (Wildman–Crippen MR) is 69.6 cm³/mol. The number of sulfonamides is 1. The summed E-state index contributed by atoms with van der Waals surface area (Å²) >= 11 is 0. The Kier molecular flexibility index (Phi) is 3.51. The standard InChI is InChI=1S/C13H16F2N2O2S/c14-11-2-1-3-12(15)13(11)20(18,19)17-10-6-8-4-5-9(7-10)16-8/h1-3,8-10,16-17H,4-7H2. The van der Waals surface area contributed by atoms with Crippen molar-refractivity contribution >= 4 is 10.0 Å². The van der Waals surface area contributed by atoms with Crippen LogP contribution in [0.15, 0.2) is 23.1 Å². The summed E-state index contributed by atoms with van der Waals surface area (Å²) in [7, 11) is -4.17. The molecule has 4 nitrogen and oxygen atoms in total. The highest BCUT2D eigenvalue weighted by Gasteiger charge is 2.36. The molecule has 2 aliphatic rings. The van der Waals surface area contributed by atoms with Gasteiger partial charge in [-0.2, -0.15) is 0 Å². The molecule has 0 aliphatic carbocycles. The third kappa shape index (κ3) is 2.57. The van der Waals surface area contributed by atoms with Crippen molar-refractivity contribution in [1.29, 1.82) is 0 Å². The molecule has 2 heterocycles. The van der Waals surface area contributed by atoms with Crippen molar-refractivity contribution in [2.24, 2.45) is 0 Å². The highest BCUT2D eigenvalue weighted by Crippen LogP contribution is 2.28. The molecule has 0 radical (unpaired) electrons.